The second-order valence-corrected chi connectivity index (χ2v) is 9.21. The van der Waals surface area contributed by atoms with Crippen LogP contribution in [0.1, 0.15) is 28.8 Å². The van der Waals surface area contributed by atoms with E-state index in [0.717, 1.165) is 16.7 Å². The topological polar surface area (TPSA) is 144 Å². The number of ether oxygens (including phenoxy) is 3. The number of hydrogen-bond donors (Lipinski definition) is 4. The Morgan fingerprint density at radius 1 is 1.03 bits per heavy atom. The molecule has 0 bridgehead atoms. The van der Waals surface area contributed by atoms with Crippen molar-refractivity contribution in [1.29, 1.82) is 0 Å². The molecule has 0 aliphatic carbocycles. The van der Waals surface area contributed by atoms with E-state index in [9.17, 15) is 15.3 Å². The van der Waals surface area contributed by atoms with Crippen LogP contribution in [0.3, 0.4) is 0 Å². The molecule has 200 valence electrons. The maximum absolute atomic E-state index is 10.5. The van der Waals surface area contributed by atoms with Gasteiger partial charge in [-0.15, -0.1) is 0 Å². The molecular weight excluding hydrogens is 490 g/mol. The number of nitrogens with zero attached hydrogens (tertiary/aromatic N) is 4. The van der Waals surface area contributed by atoms with Gasteiger partial charge in [0, 0.05) is 18.5 Å². The van der Waals surface area contributed by atoms with Gasteiger partial charge in [-0.3, -0.25) is 4.57 Å². The van der Waals surface area contributed by atoms with Crippen LogP contribution in [-0.2, 0) is 4.74 Å². The summed E-state index contributed by atoms with van der Waals surface area (Å²) in [7, 11) is 3.25. The Bertz CT molecular complexity index is 1390. The van der Waals surface area contributed by atoms with Crippen molar-refractivity contribution >= 4 is 17.0 Å². The first-order valence-corrected chi connectivity index (χ1v) is 12.3. The van der Waals surface area contributed by atoms with Crippen LogP contribution < -0.4 is 14.8 Å². The molecule has 38 heavy (non-hydrogen) atoms. The van der Waals surface area contributed by atoms with E-state index in [1.54, 1.807) is 14.2 Å². The van der Waals surface area contributed by atoms with Crippen LogP contribution in [0.2, 0.25) is 0 Å². The van der Waals surface area contributed by atoms with Gasteiger partial charge in [0.2, 0.25) is 0 Å². The number of benzene rings is 2. The number of aromatic nitrogens is 4. The third-order valence-corrected chi connectivity index (χ3v) is 6.96. The molecule has 2 aromatic carbocycles. The van der Waals surface area contributed by atoms with E-state index < -0.39 is 31.1 Å². The van der Waals surface area contributed by atoms with Gasteiger partial charge >= 0.3 is 0 Å². The highest BCUT2D eigenvalue weighted by molar-refractivity contribution is 5.82. The average molecular weight is 522 g/mol. The summed E-state index contributed by atoms with van der Waals surface area (Å²) in [6.45, 7) is 2.14. The molecule has 2 aromatic heterocycles. The maximum atomic E-state index is 10.5. The Balaban J connectivity index is 1.48. The summed E-state index contributed by atoms with van der Waals surface area (Å²) in [5, 5.41) is 33.5. The highest BCUT2D eigenvalue weighted by Gasteiger charge is 2.44. The Labute approximate surface area is 219 Å². The van der Waals surface area contributed by atoms with E-state index in [-0.39, 0.29) is 5.92 Å². The molecule has 0 radical (unpaired) electrons. The van der Waals surface area contributed by atoms with Gasteiger partial charge in [0.1, 0.15) is 36.1 Å². The third kappa shape index (κ3) is 4.76. The molecule has 4 aromatic rings. The number of fused-ring (bicyclic) bond motifs is 1. The zero-order valence-electron chi connectivity index (χ0n) is 21.4. The molecule has 1 aliphatic rings. The zero-order valence-corrected chi connectivity index (χ0v) is 21.4. The maximum Gasteiger partial charge on any atom is 0.167 e. The minimum atomic E-state index is -1.25. The van der Waals surface area contributed by atoms with Gasteiger partial charge < -0.3 is 34.8 Å². The van der Waals surface area contributed by atoms with Crippen molar-refractivity contribution in [3.63, 3.8) is 0 Å². The van der Waals surface area contributed by atoms with Crippen LogP contribution in [0.15, 0.2) is 55.1 Å². The third-order valence-electron chi connectivity index (χ3n) is 6.96. The standard InChI is InChI=1S/C27H31N5O6/c1-15-6-4-5-7-19(15)20(16-8-17(36-2)10-18(9-16)37-3)11-28-25-22-26(30-13-29-25)32(14-31-22)27-24(35)23(34)21(12-33)38-27/h4-10,13-14,20-21,23-24,27,33-35H,11-12H2,1-3H3,(H,28,29,30)/t20?,21-,23-,24-,27-/m0/s1. The molecule has 1 fully saturated rings. The molecule has 0 amide bonds. The van der Waals surface area contributed by atoms with Crippen LogP contribution in [0, 0.1) is 6.92 Å². The highest BCUT2D eigenvalue weighted by atomic mass is 16.6. The molecule has 1 unspecified atom stereocenters. The predicted octanol–water partition coefficient (Wildman–Crippen LogP) is 2.01. The van der Waals surface area contributed by atoms with Gasteiger partial charge in [-0.25, -0.2) is 15.0 Å². The van der Waals surface area contributed by atoms with Crippen LogP contribution in [-0.4, -0.2) is 80.5 Å². The van der Waals surface area contributed by atoms with Crippen LogP contribution in [0.25, 0.3) is 11.2 Å². The fourth-order valence-electron chi connectivity index (χ4n) is 4.89. The van der Waals surface area contributed by atoms with E-state index in [1.807, 2.05) is 30.3 Å². The largest absolute Gasteiger partial charge is 0.497 e. The van der Waals surface area contributed by atoms with Crippen LogP contribution in [0.4, 0.5) is 5.82 Å². The summed E-state index contributed by atoms with van der Waals surface area (Å²) in [6.07, 6.45) is -1.43. The minimum Gasteiger partial charge on any atom is -0.497 e. The molecule has 0 spiro atoms. The van der Waals surface area contributed by atoms with Gasteiger partial charge in [0.25, 0.3) is 0 Å². The minimum absolute atomic E-state index is 0.0762. The van der Waals surface area contributed by atoms with Crippen molar-refractivity contribution in [3.8, 4) is 11.5 Å². The summed E-state index contributed by atoms with van der Waals surface area (Å²) in [6, 6.07) is 14.0. The Hall–Kier alpha value is -3.77. The van der Waals surface area contributed by atoms with Crippen molar-refractivity contribution in [2.24, 2.45) is 0 Å². The van der Waals surface area contributed by atoms with E-state index in [0.29, 0.717) is 35.0 Å². The quantitative estimate of drug-likeness (QED) is 0.258. The number of hydrogen-bond acceptors (Lipinski definition) is 10. The summed E-state index contributed by atoms with van der Waals surface area (Å²) >= 11 is 0. The normalized spacial score (nSPS) is 21.9. The Kier molecular flexibility index (Phi) is 7.43. The first-order valence-electron chi connectivity index (χ1n) is 12.3. The summed E-state index contributed by atoms with van der Waals surface area (Å²) in [4.78, 5) is 13.2. The fourth-order valence-corrected chi connectivity index (χ4v) is 4.89. The molecular formula is C27H31N5O6. The lowest BCUT2D eigenvalue weighted by atomic mass is 9.88. The molecule has 5 atom stereocenters. The van der Waals surface area contributed by atoms with Crippen molar-refractivity contribution in [2.45, 2.75) is 37.4 Å². The van der Waals surface area contributed by atoms with Gasteiger partial charge in [-0.2, -0.15) is 0 Å². The van der Waals surface area contributed by atoms with Crippen molar-refractivity contribution < 1.29 is 29.5 Å². The lowest BCUT2D eigenvalue weighted by molar-refractivity contribution is -0.0511. The number of aliphatic hydroxyl groups excluding tert-OH is 3. The monoisotopic (exact) mass is 521 g/mol. The van der Waals surface area contributed by atoms with E-state index in [2.05, 4.69) is 39.3 Å². The Morgan fingerprint density at radius 2 is 1.76 bits per heavy atom. The first kappa shape index (κ1) is 25.9. The molecule has 5 rings (SSSR count). The summed E-state index contributed by atoms with van der Waals surface area (Å²) in [5.41, 5.74) is 4.19. The van der Waals surface area contributed by atoms with Gasteiger partial charge in [0.15, 0.2) is 23.2 Å². The molecule has 11 heteroatoms. The molecule has 11 nitrogen and oxygen atoms in total. The number of anilines is 1. The van der Waals surface area contributed by atoms with Crippen molar-refractivity contribution in [2.75, 3.05) is 32.7 Å². The lowest BCUT2D eigenvalue weighted by Gasteiger charge is -2.22. The van der Waals surface area contributed by atoms with Gasteiger partial charge in [-0.05, 0) is 35.7 Å². The second kappa shape index (κ2) is 10.9. The number of aryl methyl sites for hydroxylation is 1. The number of rotatable bonds is 9. The highest BCUT2D eigenvalue weighted by Crippen LogP contribution is 2.35. The molecule has 1 saturated heterocycles. The van der Waals surface area contributed by atoms with Gasteiger partial charge in [0.05, 0.1) is 27.2 Å². The van der Waals surface area contributed by atoms with E-state index in [1.165, 1.54) is 17.2 Å². The molecule has 1 aliphatic heterocycles. The van der Waals surface area contributed by atoms with E-state index in [4.69, 9.17) is 14.2 Å². The number of methoxy groups -OCH3 is 2. The first-order chi connectivity index (χ1) is 18.4. The zero-order chi connectivity index (χ0) is 26.8. The average Bonchev–Trinajstić information content (AvgIpc) is 3.50. The Morgan fingerprint density at radius 3 is 2.42 bits per heavy atom. The SMILES string of the molecule is COc1cc(OC)cc(C(CNc2ncnc3c2ncn3[C@H]2O[C@@H](CO)[C@H](O)[C@@H]2O)c2ccccc2C)c1. The second-order valence-electron chi connectivity index (χ2n) is 9.21. The van der Waals surface area contributed by atoms with Crippen LogP contribution >= 0.6 is 0 Å². The molecule has 3 heterocycles. The molecule has 0 saturated carbocycles. The van der Waals surface area contributed by atoms with Crippen molar-refractivity contribution in [3.05, 3.63) is 71.8 Å². The summed E-state index contributed by atoms with van der Waals surface area (Å²) < 4.78 is 18.2. The number of nitrogens with one attached hydrogen (secondary N) is 1. The smallest absolute Gasteiger partial charge is 0.167 e. The number of aliphatic hydroxyl groups is 3. The fraction of sp³-hybridized carbons (Fsp3) is 0.370. The van der Waals surface area contributed by atoms with Crippen molar-refractivity contribution in [1.82, 2.24) is 19.5 Å². The van der Waals surface area contributed by atoms with E-state index >= 15 is 0 Å². The lowest BCUT2D eigenvalue weighted by Crippen LogP contribution is -2.33. The summed E-state index contributed by atoms with van der Waals surface area (Å²) in [5.74, 6) is 1.82. The molecule has 4 N–H and O–H groups in total. The predicted molar refractivity (Wildman–Crippen MR) is 139 cm³/mol. The van der Waals surface area contributed by atoms with Gasteiger partial charge in [-0.1, -0.05) is 24.3 Å². The van der Waals surface area contributed by atoms with Crippen LogP contribution in [0.5, 0.6) is 11.5 Å². The number of imidazole rings is 1.